The lowest BCUT2D eigenvalue weighted by atomic mass is 9.88. The second-order valence-electron chi connectivity index (χ2n) is 11.3. The van der Waals surface area contributed by atoms with E-state index in [4.69, 9.17) is 0 Å². The average Bonchev–Trinajstić information content (AvgIpc) is 3.77. The molecule has 12 heteroatoms. The third kappa shape index (κ3) is 5.20. The van der Waals surface area contributed by atoms with Gasteiger partial charge in [-0.1, -0.05) is 6.07 Å². The molecule has 3 aliphatic carbocycles. The molecule has 4 amide bonds. The topological polar surface area (TPSA) is 108 Å². The Hall–Kier alpha value is -3.57. The molecule has 1 unspecified atom stereocenters. The first kappa shape index (κ1) is 25.7. The number of hydrogen-bond donors (Lipinski definition) is 3. The third-order valence-corrected chi connectivity index (χ3v) is 8.50. The van der Waals surface area contributed by atoms with Gasteiger partial charge in [0.2, 0.25) is 5.91 Å². The van der Waals surface area contributed by atoms with Crippen LogP contribution in [0.5, 0.6) is 0 Å². The Balaban J connectivity index is 1.16. The first-order valence-electron chi connectivity index (χ1n) is 13.4. The van der Waals surface area contributed by atoms with Crippen molar-refractivity contribution in [2.75, 3.05) is 11.9 Å². The fraction of sp³-hybridized carbons (Fsp3) is 0.556. The lowest BCUT2D eigenvalue weighted by Crippen LogP contribution is -2.50. The van der Waals surface area contributed by atoms with Gasteiger partial charge in [0.15, 0.2) is 0 Å². The number of anilines is 1. The van der Waals surface area contributed by atoms with E-state index < -0.39 is 30.8 Å². The van der Waals surface area contributed by atoms with Crippen LogP contribution >= 0.6 is 0 Å². The molecule has 9 nitrogen and oxygen atoms in total. The molecule has 3 N–H and O–H groups in total. The van der Waals surface area contributed by atoms with Crippen LogP contribution < -0.4 is 16.0 Å². The summed E-state index contributed by atoms with van der Waals surface area (Å²) in [5.74, 6) is 0.257. The highest BCUT2D eigenvalue weighted by Crippen LogP contribution is 2.51. The highest BCUT2D eigenvalue weighted by molar-refractivity contribution is 6.00. The molecule has 1 aliphatic heterocycles. The molecule has 3 fully saturated rings. The van der Waals surface area contributed by atoms with Gasteiger partial charge in [0.05, 0.1) is 6.54 Å². The number of benzene rings is 1. The van der Waals surface area contributed by atoms with Crippen molar-refractivity contribution in [2.45, 2.75) is 62.8 Å². The molecule has 39 heavy (non-hydrogen) atoms. The number of carbonyl (C=O) groups excluding carboxylic acids is 3. The molecule has 1 aromatic carbocycles. The average molecular weight is 545 g/mol. The molecule has 2 aromatic rings. The van der Waals surface area contributed by atoms with Crippen LogP contribution in [-0.2, 0) is 24.7 Å². The second kappa shape index (κ2) is 9.56. The summed E-state index contributed by atoms with van der Waals surface area (Å²) in [6, 6.07) is 3.41. The van der Waals surface area contributed by atoms with Gasteiger partial charge in [-0.2, -0.15) is 18.3 Å². The molecule has 0 bridgehead atoms. The van der Waals surface area contributed by atoms with Crippen molar-refractivity contribution in [1.29, 1.82) is 0 Å². The Morgan fingerprint density at radius 1 is 1.08 bits per heavy atom. The van der Waals surface area contributed by atoms with Gasteiger partial charge in [0.25, 0.3) is 5.91 Å². The smallest absolute Gasteiger partial charge is 0.339 e. The quantitative estimate of drug-likeness (QED) is 0.475. The van der Waals surface area contributed by atoms with Crippen molar-refractivity contribution in [2.24, 2.45) is 24.8 Å². The number of aryl methyl sites for hydroxylation is 1. The zero-order valence-corrected chi connectivity index (χ0v) is 21.5. The molecule has 208 valence electrons. The lowest BCUT2D eigenvalue weighted by Gasteiger charge is -2.27. The van der Waals surface area contributed by atoms with E-state index in [9.17, 15) is 27.6 Å². The van der Waals surface area contributed by atoms with E-state index in [2.05, 4.69) is 15.7 Å². The maximum absolute atomic E-state index is 13.6. The van der Waals surface area contributed by atoms with Crippen molar-refractivity contribution in [3.63, 3.8) is 0 Å². The molecule has 4 aliphatic rings. The number of alkyl halides is 3. The van der Waals surface area contributed by atoms with Crippen molar-refractivity contribution in [1.82, 2.24) is 25.3 Å². The minimum Gasteiger partial charge on any atom is -0.339 e. The van der Waals surface area contributed by atoms with Crippen LogP contribution in [0, 0.1) is 17.8 Å². The normalized spacial score (nSPS) is 23.5. The fourth-order valence-corrected chi connectivity index (χ4v) is 6.21. The summed E-state index contributed by atoms with van der Waals surface area (Å²) < 4.78 is 40.9. The predicted octanol–water partition coefficient (Wildman–Crippen LogP) is 3.02. The van der Waals surface area contributed by atoms with Gasteiger partial charge in [0.1, 0.15) is 17.8 Å². The molecule has 2 saturated carbocycles. The Bertz CT molecular complexity index is 1290. The molecule has 1 saturated heterocycles. The number of nitrogens with one attached hydrogen (secondary N) is 3. The van der Waals surface area contributed by atoms with Gasteiger partial charge >= 0.3 is 12.2 Å². The number of hydrogen-bond acceptors (Lipinski definition) is 4. The van der Waals surface area contributed by atoms with Gasteiger partial charge in [0, 0.05) is 25.0 Å². The summed E-state index contributed by atoms with van der Waals surface area (Å²) in [5, 5.41) is 12.1. The van der Waals surface area contributed by atoms with Gasteiger partial charge in [-0.25, -0.2) is 4.79 Å². The molecule has 3 atom stereocenters. The maximum atomic E-state index is 13.6. The summed E-state index contributed by atoms with van der Waals surface area (Å²) in [6.07, 6.45) is 2.10. The molecular formula is C27H31F3N6O3. The van der Waals surface area contributed by atoms with E-state index in [0.29, 0.717) is 36.1 Å². The monoisotopic (exact) mass is 544 g/mol. The lowest BCUT2D eigenvalue weighted by molar-refractivity contribution is -0.150. The largest absolute Gasteiger partial charge is 0.410 e. The molecule has 1 aromatic heterocycles. The Kier molecular flexibility index (Phi) is 6.30. The summed E-state index contributed by atoms with van der Waals surface area (Å²) in [4.78, 5) is 40.2. The number of fused-ring (bicyclic) bond motifs is 1. The number of nitrogens with zero attached hydrogens (tertiary/aromatic N) is 3. The van der Waals surface area contributed by atoms with Crippen LogP contribution in [0.1, 0.15) is 47.3 Å². The van der Waals surface area contributed by atoms with E-state index >= 15 is 0 Å². The Morgan fingerprint density at radius 2 is 1.77 bits per heavy atom. The maximum Gasteiger partial charge on any atom is 0.410 e. The summed E-state index contributed by atoms with van der Waals surface area (Å²) in [7, 11) is 1.68. The van der Waals surface area contributed by atoms with Crippen molar-refractivity contribution < 1.29 is 27.6 Å². The molecular weight excluding hydrogens is 513 g/mol. The van der Waals surface area contributed by atoms with E-state index in [1.165, 1.54) is 15.8 Å². The van der Waals surface area contributed by atoms with Crippen LogP contribution in [-0.4, -0.2) is 63.4 Å². The van der Waals surface area contributed by atoms with E-state index in [0.717, 1.165) is 36.8 Å². The number of urea groups is 1. The van der Waals surface area contributed by atoms with Crippen LogP contribution in [0.4, 0.5) is 23.7 Å². The van der Waals surface area contributed by atoms with E-state index in [1.807, 2.05) is 17.4 Å². The van der Waals surface area contributed by atoms with Crippen molar-refractivity contribution in [3.05, 3.63) is 47.3 Å². The SMILES string of the molecule is Cn1nccc1C(=O)N[C@H](C(=O)Nc1ccc2c(c1)CC(N1C[C@@H](C(F)(F)F)NC1=O)C2)C(C1CC1)C1CC1. The van der Waals surface area contributed by atoms with Gasteiger partial charge in [-0.15, -0.1) is 0 Å². The second-order valence-corrected chi connectivity index (χ2v) is 11.3. The first-order valence-corrected chi connectivity index (χ1v) is 13.4. The number of halogens is 3. The van der Waals surface area contributed by atoms with Crippen molar-refractivity contribution >= 4 is 23.5 Å². The predicted molar refractivity (Wildman–Crippen MR) is 135 cm³/mol. The minimum atomic E-state index is -4.49. The number of carbonyl (C=O) groups is 3. The molecule has 6 rings (SSSR count). The van der Waals surface area contributed by atoms with E-state index in [1.54, 1.807) is 19.2 Å². The number of rotatable bonds is 8. The standard InChI is InChI=1S/C27H31F3N6O3/c1-35-20(8-9-31-35)24(37)34-23(22(14-2-3-14)15-4-5-15)25(38)32-18-7-6-16-11-19(12-17(16)10-18)36-13-21(27(28,29)30)33-26(36)39/h6-10,14-15,19,21-23H,2-5,11-13H2,1H3,(H,32,38)(H,33,39)(H,34,37)/t19?,21-,23-/m0/s1. The first-order chi connectivity index (χ1) is 18.6. The van der Waals surface area contributed by atoms with Crippen LogP contribution in [0.2, 0.25) is 0 Å². The highest BCUT2D eigenvalue weighted by Gasteiger charge is 2.50. The summed E-state index contributed by atoms with van der Waals surface area (Å²) >= 11 is 0. The minimum absolute atomic E-state index is 0.0660. The van der Waals surface area contributed by atoms with Crippen molar-refractivity contribution in [3.8, 4) is 0 Å². The van der Waals surface area contributed by atoms with Crippen LogP contribution in [0.15, 0.2) is 30.5 Å². The molecule has 2 heterocycles. The van der Waals surface area contributed by atoms with Gasteiger partial charge in [-0.05, 0) is 85.6 Å². The van der Waals surface area contributed by atoms with Crippen LogP contribution in [0.3, 0.4) is 0 Å². The number of amides is 4. The Morgan fingerprint density at radius 3 is 2.36 bits per heavy atom. The fourth-order valence-electron chi connectivity index (χ4n) is 6.21. The summed E-state index contributed by atoms with van der Waals surface area (Å²) in [6.45, 7) is -0.410. The van der Waals surface area contributed by atoms with Gasteiger partial charge in [-0.3, -0.25) is 14.3 Å². The third-order valence-electron chi connectivity index (χ3n) is 8.50. The zero-order chi connectivity index (χ0) is 27.5. The zero-order valence-electron chi connectivity index (χ0n) is 21.5. The molecule has 0 spiro atoms. The number of aromatic nitrogens is 2. The van der Waals surface area contributed by atoms with E-state index in [-0.39, 0.29) is 23.8 Å². The Labute approximate surface area is 223 Å². The summed E-state index contributed by atoms with van der Waals surface area (Å²) in [5.41, 5.74) is 2.76. The highest BCUT2D eigenvalue weighted by atomic mass is 19.4. The van der Waals surface area contributed by atoms with Crippen LogP contribution in [0.25, 0.3) is 0 Å². The molecule has 0 radical (unpaired) electrons. The van der Waals surface area contributed by atoms with Gasteiger partial charge < -0.3 is 20.9 Å².